The minimum atomic E-state index is -0.0897. The monoisotopic (exact) mass is 93.0 g/mol. The number of rotatable bonds is 3. The Kier molecular flexibility index (Phi) is 4.71. The van der Waals surface area contributed by atoms with Crippen LogP contribution in [-0.2, 0) is 4.84 Å². The summed E-state index contributed by atoms with van der Waals surface area (Å²) in [5, 5.41) is 15.5. The molecule has 0 aliphatic rings. The fraction of sp³-hybridized carbons (Fsp3) is 1.00. The van der Waals surface area contributed by atoms with Gasteiger partial charge in [-0.15, -0.1) is 0 Å². The molecule has 0 atom stereocenters. The van der Waals surface area contributed by atoms with Crippen molar-refractivity contribution in [3.05, 3.63) is 0 Å². The van der Waals surface area contributed by atoms with Crippen LogP contribution in [0.15, 0.2) is 0 Å². The number of nitrogens with one attached hydrogen (secondary N) is 1. The molecule has 6 heavy (non-hydrogen) atoms. The van der Waals surface area contributed by atoms with Crippen LogP contribution < -0.4 is 5.64 Å². The highest BCUT2D eigenvalue weighted by atomic mass is 16.8. The molecule has 0 amide bonds. The van der Waals surface area contributed by atoms with Gasteiger partial charge >= 0.3 is 0 Å². The van der Waals surface area contributed by atoms with Gasteiger partial charge in [0, 0.05) is 0 Å². The lowest BCUT2D eigenvalue weighted by Gasteiger charge is -1.91. The second-order valence-corrected chi connectivity index (χ2v) is 0.663. The third kappa shape index (κ3) is 3.84. The lowest BCUT2D eigenvalue weighted by Crippen LogP contribution is -2.11. The standard InChI is InChI=1S/C2H7NO3/c4-1-2-6-3-5/h3-5H,1-2H2. The van der Waals surface area contributed by atoms with Gasteiger partial charge < -0.3 is 5.11 Å². The van der Waals surface area contributed by atoms with Gasteiger partial charge in [0.2, 0.25) is 0 Å². The first-order chi connectivity index (χ1) is 2.91. The molecule has 0 aromatic carbocycles. The first kappa shape index (κ1) is 5.84. The van der Waals surface area contributed by atoms with E-state index in [4.69, 9.17) is 10.3 Å². The molecule has 0 radical (unpaired) electrons. The van der Waals surface area contributed by atoms with Crippen molar-refractivity contribution in [2.45, 2.75) is 0 Å². The summed E-state index contributed by atoms with van der Waals surface area (Å²) >= 11 is 0. The Labute approximate surface area is 35.3 Å². The summed E-state index contributed by atoms with van der Waals surface area (Å²) in [5.74, 6) is 0. The van der Waals surface area contributed by atoms with E-state index in [1.165, 1.54) is 5.64 Å². The van der Waals surface area contributed by atoms with E-state index in [0.717, 1.165) is 0 Å². The Bertz CT molecular complexity index is 20.8. The molecule has 38 valence electrons. The van der Waals surface area contributed by atoms with Crippen molar-refractivity contribution in [1.82, 2.24) is 5.64 Å². The number of hydrogen-bond donors (Lipinski definition) is 3. The summed E-state index contributed by atoms with van der Waals surface area (Å²) in [4.78, 5) is 4.04. The van der Waals surface area contributed by atoms with Crippen molar-refractivity contribution < 1.29 is 15.2 Å². The Morgan fingerprint density at radius 1 is 1.67 bits per heavy atom. The molecular weight excluding hydrogens is 86.0 g/mol. The van der Waals surface area contributed by atoms with E-state index in [0.29, 0.717) is 0 Å². The van der Waals surface area contributed by atoms with Gasteiger partial charge in [-0.25, -0.2) is 0 Å². The van der Waals surface area contributed by atoms with Gasteiger partial charge in [-0.05, 0) is 0 Å². The van der Waals surface area contributed by atoms with Crippen molar-refractivity contribution in [3.8, 4) is 0 Å². The molecule has 3 N–H and O–H groups in total. The maximum Gasteiger partial charge on any atom is 0.0940 e. The van der Waals surface area contributed by atoms with Crippen molar-refractivity contribution >= 4 is 0 Å². The van der Waals surface area contributed by atoms with Crippen molar-refractivity contribution in [2.24, 2.45) is 0 Å². The van der Waals surface area contributed by atoms with Crippen molar-refractivity contribution in [3.63, 3.8) is 0 Å². The van der Waals surface area contributed by atoms with Gasteiger partial charge in [0.05, 0.1) is 13.2 Å². The molecule has 0 rings (SSSR count). The van der Waals surface area contributed by atoms with Crippen LogP contribution in [0.25, 0.3) is 0 Å². The van der Waals surface area contributed by atoms with Crippen LogP contribution in [0, 0.1) is 0 Å². The molecule has 0 aliphatic carbocycles. The maximum absolute atomic E-state index is 7.92. The Morgan fingerprint density at radius 3 is 2.50 bits per heavy atom. The van der Waals surface area contributed by atoms with Gasteiger partial charge in [0.15, 0.2) is 0 Å². The van der Waals surface area contributed by atoms with Crippen LogP contribution in [0.2, 0.25) is 0 Å². The van der Waals surface area contributed by atoms with E-state index in [1.54, 1.807) is 0 Å². The number of aliphatic hydroxyl groups is 1. The molecule has 0 fully saturated rings. The van der Waals surface area contributed by atoms with E-state index in [2.05, 4.69) is 4.84 Å². The van der Waals surface area contributed by atoms with E-state index in [-0.39, 0.29) is 13.2 Å². The normalized spacial score (nSPS) is 9.00. The zero-order valence-corrected chi connectivity index (χ0v) is 3.22. The van der Waals surface area contributed by atoms with Gasteiger partial charge in [-0.3, -0.25) is 10.0 Å². The molecule has 0 aliphatic heterocycles. The summed E-state index contributed by atoms with van der Waals surface area (Å²) in [5.41, 5.74) is 1.41. The van der Waals surface area contributed by atoms with E-state index < -0.39 is 0 Å². The van der Waals surface area contributed by atoms with Crippen LogP contribution in [0.4, 0.5) is 0 Å². The van der Waals surface area contributed by atoms with E-state index in [1.807, 2.05) is 0 Å². The highest BCUT2D eigenvalue weighted by molar-refractivity contribution is 4.11. The summed E-state index contributed by atoms with van der Waals surface area (Å²) < 4.78 is 0. The predicted octanol–water partition coefficient (Wildman–Crippen LogP) is -1.11. The fourth-order valence-corrected chi connectivity index (χ4v) is 0.0913. The molecule has 0 aromatic rings. The molecule has 0 aromatic heterocycles. The highest BCUT2D eigenvalue weighted by Gasteiger charge is 1.73. The molecule has 0 saturated heterocycles. The molecule has 0 heterocycles. The molecule has 0 spiro atoms. The average Bonchev–Trinajstić information content (AvgIpc) is 1.61. The maximum atomic E-state index is 7.92. The Balaban J connectivity index is 2.34. The first-order valence-electron chi connectivity index (χ1n) is 1.53. The Hall–Kier alpha value is -0.160. The molecule has 0 unspecified atom stereocenters. The zero-order valence-electron chi connectivity index (χ0n) is 3.22. The molecule has 0 saturated carbocycles. The Morgan fingerprint density at radius 2 is 2.33 bits per heavy atom. The van der Waals surface area contributed by atoms with Crippen molar-refractivity contribution in [2.75, 3.05) is 13.2 Å². The third-order valence-corrected chi connectivity index (χ3v) is 0.258. The number of aliphatic hydroxyl groups excluding tert-OH is 1. The topological polar surface area (TPSA) is 61.7 Å². The minimum absolute atomic E-state index is 0.0897. The molecule has 4 heteroatoms. The van der Waals surface area contributed by atoms with Crippen LogP contribution >= 0.6 is 0 Å². The quantitative estimate of drug-likeness (QED) is 0.306. The van der Waals surface area contributed by atoms with Crippen LogP contribution in [0.5, 0.6) is 0 Å². The van der Waals surface area contributed by atoms with Gasteiger partial charge in [-0.2, -0.15) is 0 Å². The second kappa shape index (κ2) is 4.84. The third-order valence-electron chi connectivity index (χ3n) is 0.258. The van der Waals surface area contributed by atoms with Gasteiger partial charge in [0.25, 0.3) is 0 Å². The summed E-state index contributed by atoms with van der Waals surface area (Å²) in [6.07, 6.45) is 0. The largest absolute Gasteiger partial charge is 0.394 e. The molecule has 4 nitrogen and oxygen atoms in total. The molecular formula is C2H7NO3. The smallest absolute Gasteiger partial charge is 0.0940 e. The molecule has 0 bridgehead atoms. The van der Waals surface area contributed by atoms with E-state index >= 15 is 0 Å². The van der Waals surface area contributed by atoms with Crippen molar-refractivity contribution in [1.29, 1.82) is 0 Å². The van der Waals surface area contributed by atoms with Crippen LogP contribution in [0.3, 0.4) is 0 Å². The minimum Gasteiger partial charge on any atom is -0.394 e. The summed E-state index contributed by atoms with van der Waals surface area (Å²) in [7, 11) is 0. The lowest BCUT2D eigenvalue weighted by molar-refractivity contribution is -0.133. The summed E-state index contributed by atoms with van der Waals surface area (Å²) in [6.45, 7) is 0.0179. The zero-order chi connectivity index (χ0) is 4.83. The predicted molar refractivity (Wildman–Crippen MR) is 18.0 cm³/mol. The SMILES string of the molecule is OCCONO. The van der Waals surface area contributed by atoms with Crippen LogP contribution in [-0.4, -0.2) is 23.5 Å². The first-order valence-corrected chi connectivity index (χ1v) is 1.53. The summed E-state index contributed by atoms with van der Waals surface area (Å²) in [6, 6.07) is 0. The van der Waals surface area contributed by atoms with Gasteiger partial charge in [-0.1, -0.05) is 5.64 Å². The number of hydrogen-bond acceptors (Lipinski definition) is 4. The van der Waals surface area contributed by atoms with E-state index in [9.17, 15) is 0 Å². The van der Waals surface area contributed by atoms with Crippen LogP contribution in [0.1, 0.15) is 0 Å². The second-order valence-electron chi connectivity index (χ2n) is 0.663. The fourth-order valence-electron chi connectivity index (χ4n) is 0.0913. The highest BCUT2D eigenvalue weighted by Crippen LogP contribution is 1.56. The average molecular weight is 93.1 g/mol. The van der Waals surface area contributed by atoms with Gasteiger partial charge in [0.1, 0.15) is 0 Å². The lowest BCUT2D eigenvalue weighted by atomic mass is 10.8.